The van der Waals surface area contributed by atoms with Crippen LogP contribution >= 0.6 is 0 Å². The van der Waals surface area contributed by atoms with Gasteiger partial charge in [-0.15, -0.1) is 0 Å². The summed E-state index contributed by atoms with van der Waals surface area (Å²) >= 11 is 0. The maximum Gasteiger partial charge on any atom is 0.269 e. The topological polar surface area (TPSA) is 75.9 Å². The first-order chi connectivity index (χ1) is 11.6. The number of rotatable bonds is 2. The van der Waals surface area contributed by atoms with E-state index in [2.05, 4.69) is 4.90 Å². The quantitative estimate of drug-likeness (QED) is 0.608. The number of ether oxygens (including phenoxy) is 1. The summed E-state index contributed by atoms with van der Waals surface area (Å²) in [6.07, 6.45) is 2.67. The van der Waals surface area contributed by atoms with Crippen molar-refractivity contribution in [1.82, 2.24) is 4.90 Å². The SMILES string of the molecule is O=C(C1Cc2cc([N+](=O)[O-])ccc2N2CCOCC12)N1CCCC1. The Balaban J connectivity index is 1.69. The normalized spacial score (nSPS) is 26.0. The number of nitrogens with zero attached hydrogens (tertiary/aromatic N) is 3. The lowest BCUT2D eigenvalue weighted by molar-refractivity contribution is -0.384. The molecule has 0 bridgehead atoms. The van der Waals surface area contributed by atoms with E-state index in [0.717, 1.165) is 43.7 Å². The van der Waals surface area contributed by atoms with E-state index in [-0.39, 0.29) is 28.5 Å². The van der Waals surface area contributed by atoms with Crippen LogP contribution in [0.1, 0.15) is 18.4 Å². The maximum atomic E-state index is 13.0. The van der Waals surface area contributed by atoms with Crippen LogP contribution in [0.3, 0.4) is 0 Å². The molecule has 0 radical (unpaired) electrons. The maximum absolute atomic E-state index is 13.0. The fourth-order valence-corrected chi connectivity index (χ4v) is 4.18. The molecule has 3 aliphatic heterocycles. The number of carbonyl (C=O) groups excluding carboxylic acids is 1. The molecule has 0 N–H and O–H groups in total. The monoisotopic (exact) mass is 331 g/mol. The summed E-state index contributed by atoms with van der Waals surface area (Å²) < 4.78 is 5.64. The van der Waals surface area contributed by atoms with Gasteiger partial charge in [0.15, 0.2) is 0 Å². The highest BCUT2D eigenvalue weighted by Crippen LogP contribution is 2.38. The Hall–Kier alpha value is -2.15. The van der Waals surface area contributed by atoms with E-state index in [9.17, 15) is 14.9 Å². The van der Waals surface area contributed by atoms with Crippen molar-refractivity contribution in [3.8, 4) is 0 Å². The van der Waals surface area contributed by atoms with Gasteiger partial charge in [0.05, 0.1) is 30.1 Å². The van der Waals surface area contributed by atoms with Crippen molar-refractivity contribution in [1.29, 1.82) is 0 Å². The van der Waals surface area contributed by atoms with Crippen molar-refractivity contribution in [2.24, 2.45) is 5.92 Å². The van der Waals surface area contributed by atoms with Crippen LogP contribution in [0, 0.1) is 16.0 Å². The first kappa shape index (κ1) is 15.4. The van der Waals surface area contributed by atoms with E-state index in [1.807, 2.05) is 11.0 Å². The third-order valence-electron chi connectivity index (χ3n) is 5.39. The second-order valence-electron chi connectivity index (χ2n) is 6.75. The summed E-state index contributed by atoms with van der Waals surface area (Å²) in [5.74, 6) is -0.0111. The smallest absolute Gasteiger partial charge is 0.269 e. The first-order valence-electron chi connectivity index (χ1n) is 8.55. The zero-order valence-corrected chi connectivity index (χ0v) is 13.5. The Morgan fingerprint density at radius 3 is 2.79 bits per heavy atom. The minimum Gasteiger partial charge on any atom is -0.377 e. The molecule has 0 aromatic heterocycles. The largest absolute Gasteiger partial charge is 0.377 e. The van der Waals surface area contributed by atoms with Gasteiger partial charge in [-0.25, -0.2) is 0 Å². The molecule has 1 amide bonds. The molecule has 0 saturated carbocycles. The predicted molar refractivity (Wildman–Crippen MR) is 88.1 cm³/mol. The number of benzene rings is 1. The van der Waals surface area contributed by atoms with Gasteiger partial charge in [0.1, 0.15) is 0 Å². The number of nitro benzene ring substituents is 1. The third-order valence-corrected chi connectivity index (χ3v) is 5.39. The van der Waals surface area contributed by atoms with Crippen molar-refractivity contribution < 1.29 is 14.5 Å². The lowest BCUT2D eigenvalue weighted by Gasteiger charge is -2.46. The molecule has 1 aromatic carbocycles. The lowest BCUT2D eigenvalue weighted by atomic mass is 9.84. The minimum atomic E-state index is -0.372. The van der Waals surface area contributed by atoms with Gasteiger partial charge in [0, 0.05) is 37.5 Å². The van der Waals surface area contributed by atoms with Gasteiger partial charge in [-0.2, -0.15) is 0 Å². The molecule has 2 saturated heterocycles. The molecular weight excluding hydrogens is 310 g/mol. The van der Waals surface area contributed by atoms with Gasteiger partial charge in [0.25, 0.3) is 5.69 Å². The number of anilines is 1. The van der Waals surface area contributed by atoms with Gasteiger partial charge in [0.2, 0.25) is 5.91 Å². The van der Waals surface area contributed by atoms with E-state index in [1.54, 1.807) is 12.1 Å². The van der Waals surface area contributed by atoms with Crippen LogP contribution < -0.4 is 4.90 Å². The van der Waals surface area contributed by atoms with E-state index in [1.165, 1.54) is 0 Å². The van der Waals surface area contributed by atoms with Crippen LogP contribution in [-0.4, -0.2) is 54.6 Å². The van der Waals surface area contributed by atoms with Crippen molar-refractivity contribution in [3.63, 3.8) is 0 Å². The molecule has 7 heteroatoms. The fourth-order valence-electron chi connectivity index (χ4n) is 4.18. The Bertz CT molecular complexity index is 672. The van der Waals surface area contributed by atoms with Crippen LogP contribution in [0.4, 0.5) is 11.4 Å². The Kier molecular flexibility index (Phi) is 3.88. The molecule has 2 fully saturated rings. The van der Waals surface area contributed by atoms with E-state index in [4.69, 9.17) is 4.74 Å². The molecule has 0 aliphatic carbocycles. The standard InChI is InChI=1S/C17H21N3O4/c21-17(18-5-1-2-6-18)14-10-12-9-13(20(22)23)3-4-15(12)19-7-8-24-11-16(14)19/h3-4,9,14,16H,1-2,5-8,10-11H2. The molecule has 0 spiro atoms. The van der Waals surface area contributed by atoms with Crippen LogP contribution in [0.25, 0.3) is 0 Å². The van der Waals surface area contributed by atoms with Crippen molar-refractivity contribution >= 4 is 17.3 Å². The number of hydrogen-bond acceptors (Lipinski definition) is 5. The highest BCUT2D eigenvalue weighted by atomic mass is 16.6. The first-order valence-corrected chi connectivity index (χ1v) is 8.55. The zero-order chi connectivity index (χ0) is 16.7. The number of hydrogen-bond donors (Lipinski definition) is 0. The summed E-state index contributed by atoms with van der Waals surface area (Å²) in [5.41, 5.74) is 2.01. The number of fused-ring (bicyclic) bond motifs is 3. The summed E-state index contributed by atoms with van der Waals surface area (Å²) in [6, 6.07) is 5.03. The Morgan fingerprint density at radius 2 is 2.04 bits per heavy atom. The van der Waals surface area contributed by atoms with Crippen molar-refractivity contribution in [2.75, 3.05) is 37.7 Å². The van der Waals surface area contributed by atoms with E-state index < -0.39 is 0 Å². The van der Waals surface area contributed by atoms with Crippen molar-refractivity contribution in [2.45, 2.75) is 25.3 Å². The Morgan fingerprint density at radius 1 is 1.25 bits per heavy atom. The molecule has 24 heavy (non-hydrogen) atoms. The number of amides is 1. The highest BCUT2D eigenvalue weighted by molar-refractivity contribution is 5.82. The number of nitro groups is 1. The average molecular weight is 331 g/mol. The van der Waals surface area contributed by atoms with Crippen LogP contribution in [0.2, 0.25) is 0 Å². The van der Waals surface area contributed by atoms with E-state index in [0.29, 0.717) is 19.6 Å². The lowest BCUT2D eigenvalue weighted by Crippen LogP contribution is -2.57. The Labute approximate surface area is 140 Å². The average Bonchev–Trinajstić information content (AvgIpc) is 3.14. The number of non-ortho nitro benzene ring substituents is 1. The molecule has 3 aliphatic rings. The second kappa shape index (κ2) is 6.05. The second-order valence-corrected chi connectivity index (χ2v) is 6.75. The summed E-state index contributed by atoms with van der Waals surface area (Å²) in [7, 11) is 0. The molecule has 4 rings (SSSR count). The van der Waals surface area contributed by atoms with Gasteiger partial charge < -0.3 is 14.5 Å². The van der Waals surface area contributed by atoms with E-state index >= 15 is 0 Å². The molecule has 2 atom stereocenters. The van der Waals surface area contributed by atoms with Gasteiger partial charge in [-0.05, 0) is 30.9 Å². The fraction of sp³-hybridized carbons (Fsp3) is 0.588. The summed E-state index contributed by atoms with van der Waals surface area (Å²) in [5, 5.41) is 11.1. The summed E-state index contributed by atoms with van der Waals surface area (Å²) in [4.78, 5) is 27.9. The number of morpholine rings is 1. The van der Waals surface area contributed by atoms with Crippen molar-refractivity contribution in [3.05, 3.63) is 33.9 Å². The zero-order valence-electron chi connectivity index (χ0n) is 13.5. The molecule has 128 valence electrons. The molecule has 3 heterocycles. The minimum absolute atomic E-state index is 0.0285. The summed E-state index contributed by atoms with van der Waals surface area (Å²) in [6.45, 7) is 3.53. The molecule has 1 aromatic rings. The van der Waals surface area contributed by atoms with Crippen LogP contribution in [0.15, 0.2) is 18.2 Å². The third kappa shape index (κ3) is 2.53. The van der Waals surface area contributed by atoms with Gasteiger partial charge >= 0.3 is 0 Å². The van der Waals surface area contributed by atoms with Crippen LogP contribution in [-0.2, 0) is 16.0 Å². The number of carbonyl (C=O) groups is 1. The number of likely N-dealkylation sites (tertiary alicyclic amines) is 1. The molecule has 2 unspecified atom stereocenters. The molecule has 7 nitrogen and oxygen atoms in total. The van der Waals surface area contributed by atoms with Crippen LogP contribution in [0.5, 0.6) is 0 Å². The predicted octanol–water partition coefficient (Wildman–Crippen LogP) is 1.59. The molecular formula is C17H21N3O4. The van der Waals surface area contributed by atoms with Gasteiger partial charge in [-0.1, -0.05) is 0 Å². The highest BCUT2D eigenvalue weighted by Gasteiger charge is 2.42. The van der Waals surface area contributed by atoms with Gasteiger partial charge in [-0.3, -0.25) is 14.9 Å².